The Hall–Kier alpha value is -5.23. The van der Waals surface area contributed by atoms with Gasteiger partial charge in [-0.15, -0.1) is 147 Å². The second-order valence-electron chi connectivity index (χ2n) is 28.0. The normalized spacial score (nSPS) is 12.3. The van der Waals surface area contributed by atoms with Gasteiger partial charge < -0.3 is 9.47 Å². The van der Waals surface area contributed by atoms with Crippen LogP contribution in [0.15, 0.2) is 66.7 Å². The number of unbranched alkanes of at least 4 members (excludes halogenated alkanes) is 10. The van der Waals surface area contributed by atoms with Gasteiger partial charge in [0.25, 0.3) is 0 Å². The van der Waals surface area contributed by atoms with E-state index in [0.29, 0.717) is 13.2 Å². The van der Waals surface area contributed by atoms with Gasteiger partial charge in [0.2, 0.25) is 7.28 Å². The first-order valence-corrected chi connectivity index (χ1v) is 47.4. The molecule has 5 nitrogen and oxygen atoms in total. The molecule has 0 saturated heterocycles. The van der Waals surface area contributed by atoms with E-state index in [4.69, 9.17) is 9.47 Å². The number of benzene rings is 3. The Morgan fingerprint density at radius 2 is 0.837 bits per heavy atom. The first-order valence-electron chi connectivity index (χ1n) is 36.8. The molecule has 19 heteroatoms. The van der Waals surface area contributed by atoms with E-state index < -0.39 is 0 Å². The maximum Gasteiger partial charge on any atom is 0.221 e. The zero-order chi connectivity index (χ0) is 71.9. The molecule has 0 unspecified atom stereocenters. The fraction of sp³-hybridized carbons (Fsp3) is 0.353. The number of hydrogen-bond donors (Lipinski definition) is 0. The van der Waals surface area contributed by atoms with Crippen LogP contribution in [-0.2, 0) is 19.3 Å². The molecule has 16 rings (SSSR count). The number of carbonyl (C=O) groups is 3. The largest absolute Gasteiger partial charge is 0.491 e. The third kappa shape index (κ3) is 13.6. The Balaban J connectivity index is 0.723. The summed E-state index contributed by atoms with van der Waals surface area (Å²) in [6, 6.07) is 25.7. The minimum absolute atomic E-state index is 0.0984. The molecule has 0 saturated carbocycles. The minimum atomic E-state index is 0.0984. The van der Waals surface area contributed by atoms with E-state index in [0.717, 1.165) is 83.8 Å². The predicted octanol–water partition coefficient (Wildman–Crippen LogP) is 30.0. The summed E-state index contributed by atoms with van der Waals surface area (Å²) in [5, 5.41) is 11.3. The second kappa shape index (κ2) is 30.7. The SMILES string of the molecule is CCCCCCCCc1c2cc(-c3sc(C)c4sc(C(C)=O)cc34)sc2c(CCCCCCCC)c2cc(-c3ccc([B]c4sc(-c5cc6c(C)c7sc(Cc8sc(-c9cc%10c(OCCC)c%11sc(C)cc%11c(OCCC)c%10s9)c9cc(C(C)=O)sc89)cc7c(C)c6s5)c5cc(C(C)=O)sc45)s3)sc12. The molecule has 0 spiro atoms. The highest BCUT2D eigenvalue weighted by Gasteiger charge is 2.29. The fourth-order valence-electron chi connectivity index (χ4n) is 15.0. The molecule has 16 aromatic rings. The fourth-order valence-corrected chi connectivity index (χ4v) is 31.0. The van der Waals surface area contributed by atoms with E-state index in [9.17, 15) is 14.4 Å². The van der Waals surface area contributed by atoms with Crippen molar-refractivity contribution in [3.05, 3.63) is 123 Å². The van der Waals surface area contributed by atoms with Crippen LogP contribution in [0, 0.1) is 27.7 Å². The summed E-state index contributed by atoms with van der Waals surface area (Å²) in [6.07, 6.45) is 20.0. The van der Waals surface area contributed by atoms with Crippen LogP contribution in [0.4, 0.5) is 0 Å². The highest BCUT2D eigenvalue weighted by atomic mass is 32.1. The first kappa shape index (κ1) is 72.9. The lowest BCUT2D eigenvalue weighted by atomic mass is 9.75. The van der Waals surface area contributed by atoms with Crippen LogP contribution in [0.2, 0.25) is 0 Å². The highest BCUT2D eigenvalue weighted by molar-refractivity contribution is 7.39. The maximum atomic E-state index is 13.3. The molecule has 0 bridgehead atoms. The van der Waals surface area contributed by atoms with Crippen LogP contribution in [0.1, 0.15) is 209 Å². The summed E-state index contributed by atoms with van der Waals surface area (Å²) in [7, 11) is 2.40. The molecule has 13 heterocycles. The molecule has 0 N–H and O–H groups in total. The number of ketones is 3. The third-order valence-corrected chi connectivity index (χ3v) is 36.9. The van der Waals surface area contributed by atoms with E-state index in [-0.39, 0.29) is 17.3 Å². The van der Waals surface area contributed by atoms with Crippen molar-refractivity contribution < 1.29 is 23.9 Å². The van der Waals surface area contributed by atoms with Crippen LogP contribution >= 0.6 is 147 Å². The first-order chi connectivity index (χ1) is 50.5. The monoisotopic (exact) mass is 1610 g/mol. The molecule has 3 aromatic carbocycles. The standard InChI is InChI=1S/C85H82BO5S13/c1-12-16-18-20-22-24-26-50-54-36-65(99-76(54)51(27-25-23-21-19-17-13-2)55-37-68(101-77(50)55)78-58-39-62(45(8)87)96-75(58)48(11)93-78)61-28-29-70(95-61)86-85-84-60(41-64(98-84)47(10)89)81(104-85)67-35-53-44(7)73-52(43(6)74(53)100-67)33-49(94-73)34-66-79-59(40-63(97-79)46(9)88)80(102-66)69-38-57-72(91-31-15-4)82-56(32-42(5)92-82)71(83(57)103-69)90-30-14-3/h28-29,32-33,35-41H,12-27,30-31,34H2,1-11H3. The van der Waals surface area contributed by atoms with Crippen molar-refractivity contribution in [2.75, 3.05) is 13.2 Å². The number of fused-ring (bicyclic) bond motifs is 9. The van der Waals surface area contributed by atoms with Gasteiger partial charge in [0.1, 0.15) is 11.5 Å². The van der Waals surface area contributed by atoms with Gasteiger partial charge in [0.15, 0.2) is 17.3 Å². The average Bonchev–Trinajstić information content (AvgIpc) is 1.58. The summed E-state index contributed by atoms with van der Waals surface area (Å²) >= 11 is 23.9. The number of rotatable bonds is 31. The van der Waals surface area contributed by atoms with Gasteiger partial charge in [-0.25, -0.2) is 0 Å². The van der Waals surface area contributed by atoms with Gasteiger partial charge in [-0.3, -0.25) is 14.4 Å². The van der Waals surface area contributed by atoms with Gasteiger partial charge in [0, 0.05) is 110 Å². The third-order valence-electron chi connectivity index (χ3n) is 20.2. The molecule has 0 atom stereocenters. The number of carbonyl (C=O) groups excluding carboxylic acids is 3. The molecular formula is C85H82BO5S13. The highest BCUT2D eigenvalue weighted by Crippen LogP contribution is 2.57. The zero-order valence-corrected chi connectivity index (χ0v) is 71.3. The number of aryl methyl sites for hydroxylation is 6. The van der Waals surface area contributed by atoms with Crippen molar-refractivity contribution >= 4 is 272 Å². The lowest BCUT2D eigenvalue weighted by Gasteiger charge is -2.12. The van der Waals surface area contributed by atoms with Crippen LogP contribution in [0.3, 0.4) is 0 Å². The average molecular weight is 1610 g/mol. The number of ether oxygens (including phenoxy) is 2. The van der Waals surface area contributed by atoms with E-state index in [1.807, 2.05) is 90.7 Å². The smallest absolute Gasteiger partial charge is 0.221 e. The van der Waals surface area contributed by atoms with Gasteiger partial charge in [-0.2, -0.15) is 0 Å². The maximum absolute atomic E-state index is 13.3. The van der Waals surface area contributed by atoms with Gasteiger partial charge in [-0.1, -0.05) is 98.0 Å². The molecule has 1 radical (unpaired) electrons. The van der Waals surface area contributed by atoms with Crippen molar-refractivity contribution in [3.8, 4) is 50.5 Å². The summed E-state index contributed by atoms with van der Waals surface area (Å²) in [5.74, 6) is 2.25. The molecule has 0 aliphatic carbocycles. The van der Waals surface area contributed by atoms with Crippen molar-refractivity contribution in [1.29, 1.82) is 0 Å². The van der Waals surface area contributed by atoms with E-state index in [1.165, 1.54) is 233 Å². The van der Waals surface area contributed by atoms with E-state index >= 15 is 0 Å². The molecular weight excluding hydrogens is 1530 g/mol. The van der Waals surface area contributed by atoms with Crippen molar-refractivity contribution in [2.24, 2.45) is 0 Å². The van der Waals surface area contributed by atoms with E-state index in [2.05, 4.69) is 129 Å². The van der Waals surface area contributed by atoms with Gasteiger partial charge >= 0.3 is 0 Å². The molecule has 533 valence electrons. The Labute approximate surface area is 661 Å². The van der Waals surface area contributed by atoms with Gasteiger partial charge in [-0.05, 0) is 201 Å². The number of hydrogen-bond acceptors (Lipinski definition) is 18. The lowest BCUT2D eigenvalue weighted by Crippen LogP contribution is -2.21. The molecule has 0 fully saturated rings. The van der Waals surface area contributed by atoms with Gasteiger partial charge in [0.05, 0.1) is 51.9 Å². The predicted molar refractivity (Wildman–Crippen MR) is 474 cm³/mol. The Morgan fingerprint density at radius 1 is 0.365 bits per heavy atom. The number of thiophene rings is 13. The molecule has 0 aliphatic rings. The Bertz CT molecular complexity index is 5820. The summed E-state index contributed by atoms with van der Waals surface area (Å²) < 4.78 is 27.2. The lowest BCUT2D eigenvalue weighted by molar-refractivity contribution is 0.101. The van der Waals surface area contributed by atoms with Crippen molar-refractivity contribution in [1.82, 2.24) is 0 Å². The summed E-state index contributed by atoms with van der Waals surface area (Å²) in [6.45, 7) is 24.3. The molecule has 13 aromatic heterocycles. The zero-order valence-electron chi connectivity index (χ0n) is 60.7. The second-order valence-corrected chi connectivity index (χ2v) is 42.2. The Morgan fingerprint density at radius 3 is 1.45 bits per heavy atom. The van der Waals surface area contributed by atoms with Crippen molar-refractivity contribution in [2.45, 2.75) is 185 Å². The van der Waals surface area contributed by atoms with Crippen LogP contribution < -0.4 is 19.0 Å². The Kier molecular flexibility index (Phi) is 21.5. The van der Waals surface area contributed by atoms with E-state index in [1.54, 1.807) is 77.5 Å². The molecule has 104 heavy (non-hydrogen) atoms. The summed E-state index contributed by atoms with van der Waals surface area (Å²) in [4.78, 5) is 57.0. The van der Waals surface area contributed by atoms with Crippen LogP contribution in [-0.4, -0.2) is 37.8 Å². The summed E-state index contributed by atoms with van der Waals surface area (Å²) in [5.41, 5.74) is 5.66. The van der Waals surface area contributed by atoms with Crippen LogP contribution in [0.25, 0.3) is 130 Å². The molecule has 0 amide bonds. The molecule has 0 aliphatic heterocycles. The minimum Gasteiger partial charge on any atom is -0.491 e. The topological polar surface area (TPSA) is 69.7 Å². The number of Topliss-reactive ketones (excluding diaryl/α,β-unsaturated/α-hetero) is 3. The van der Waals surface area contributed by atoms with Crippen molar-refractivity contribution in [3.63, 3.8) is 0 Å². The van der Waals surface area contributed by atoms with Crippen LogP contribution in [0.5, 0.6) is 11.5 Å². The quantitative estimate of drug-likeness (QED) is 0.0246.